The van der Waals surface area contributed by atoms with Crippen molar-refractivity contribution in [2.45, 2.75) is 25.9 Å². The van der Waals surface area contributed by atoms with Gasteiger partial charge in [0.05, 0.1) is 11.7 Å². The molecule has 4 nitrogen and oxygen atoms in total. The quantitative estimate of drug-likeness (QED) is 0.737. The summed E-state index contributed by atoms with van der Waals surface area (Å²) in [6, 6.07) is 17.3. The van der Waals surface area contributed by atoms with E-state index in [1.165, 1.54) is 5.56 Å². The van der Waals surface area contributed by atoms with E-state index in [9.17, 15) is 9.90 Å². The number of carbonyl (C=O) groups excluding carboxylic acids is 1. The van der Waals surface area contributed by atoms with Crippen molar-refractivity contribution in [3.8, 4) is 5.75 Å². The SMILES string of the molecule is CC(O)COc1ccccc1C(=O)NCCCc1ccccc1. The van der Waals surface area contributed by atoms with Crippen LogP contribution < -0.4 is 10.1 Å². The van der Waals surface area contributed by atoms with Crippen molar-refractivity contribution < 1.29 is 14.6 Å². The van der Waals surface area contributed by atoms with E-state index >= 15 is 0 Å². The van der Waals surface area contributed by atoms with Crippen molar-refractivity contribution in [1.29, 1.82) is 0 Å². The molecule has 2 N–H and O–H groups in total. The maximum absolute atomic E-state index is 12.3. The number of ether oxygens (including phenoxy) is 1. The molecule has 0 aromatic heterocycles. The first-order valence-electron chi connectivity index (χ1n) is 7.89. The van der Waals surface area contributed by atoms with Gasteiger partial charge in [0.25, 0.3) is 5.91 Å². The fourth-order valence-corrected chi connectivity index (χ4v) is 2.22. The number of carbonyl (C=O) groups is 1. The van der Waals surface area contributed by atoms with Crippen LogP contribution in [0.2, 0.25) is 0 Å². The molecule has 0 aliphatic heterocycles. The molecular formula is C19H23NO3. The molecule has 1 atom stereocenters. The molecule has 0 fully saturated rings. The lowest BCUT2D eigenvalue weighted by Gasteiger charge is -2.12. The highest BCUT2D eigenvalue weighted by Gasteiger charge is 2.12. The van der Waals surface area contributed by atoms with Gasteiger partial charge in [-0.2, -0.15) is 0 Å². The van der Waals surface area contributed by atoms with Gasteiger partial charge in [-0.1, -0.05) is 42.5 Å². The summed E-state index contributed by atoms with van der Waals surface area (Å²) in [6.07, 6.45) is 1.24. The number of amides is 1. The van der Waals surface area contributed by atoms with E-state index in [4.69, 9.17) is 4.74 Å². The van der Waals surface area contributed by atoms with Gasteiger partial charge in [-0.3, -0.25) is 4.79 Å². The van der Waals surface area contributed by atoms with Gasteiger partial charge >= 0.3 is 0 Å². The molecule has 1 unspecified atom stereocenters. The predicted octanol–water partition coefficient (Wildman–Crippen LogP) is 2.81. The smallest absolute Gasteiger partial charge is 0.255 e. The molecule has 23 heavy (non-hydrogen) atoms. The van der Waals surface area contributed by atoms with Crippen molar-refractivity contribution in [2.75, 3.05) is 13.2 Å². The molecule has 0 bridgehead atoms. The highest BCUT2D eigenvalue weighted by molar-refractivity contribution is 5.96. The lowest BCUT2D eigenvalue weighted by atomic mass is 10.1. The Bertz CT molecular complexity index is 611. The zero-order valence-electron chi connectivity index (χ0n) is 13.4. The van der Waals surface area contributed by atoms with Crippen molar-refractivity contribution in [2.24, 2.45) is 0 Å². The van der Waals surface area contributed by atoms with Gasteiger partial charge < -0.3 is 15.2 Å². The Morgan fingerprint density at radius 1 is 1.13 bits per heavy atom. The van der Waals surface area contributed by atoms with Crippen LogP contribution in [-0.4, -0.2) is 30.3 Å². The van der Waals surface area contributed by atoms with Gasteiger partial charge in [0.1, 0.15) is 12.4 Å². The number of benzene rings is 2. The van der Waals surface area contributed by atoms with Crippen LogP contribution in [0.1, 0.15) is 29.3 Å². The number of aliphatic hydroxyl groups is 1. The van der Waals surface area contributed by atoms with E-state index in [-0.39, 0.29) is 12.5 Å². The van der Waals surface area contributed by atoms with E-state index in [2.05, 4.69) is 17.4 Å². The molecular weight excluding hydrogens is 290 g/mol. The largest absolute Gasteiger partial charge is 0.490 e. The second kappa shape index (κ2) is 8.96. The zero-order chi connectivity index (χ0) is 16.5. The Balaban J connectivity index is 1.83. The molecule has 0 aliphatic rings. The fraction of sp³-hybridized carbons (Fsp3) is 0.316. The first-order valence-corrected chi connectivity index (χ1v) is 7.89. The Morgan fingerprint density at radius 3 is 2.57 bits per heavy atom. The highest BCUT2D eigenvalue weighted by Crippen LogP contribution is 2.18. The maximum atomic E-state index is 12.3. The van der Waals surface area contributed by atoms with Crippen molar-refractivity contribution in [3.63, 3.8) is 0 Å². The van der Waals surface area contributed by atoms with Crippen LogP contribution in [0.5, 0.6) is 5.75 Å². The summed E-state index contributed by atoms with van der Waals surface area (Å²) in [7, 11) is 0. The molecule has 2 aromatic carbocycles. The summed E-state index contributed by atoms with van der Waals surface area (Å²) in [5.41, 5.74) is 1.76. The minimum absolute atomic E-state index is 0.153. The van der Waals surface area contributed by atoms with Gasteiger partial charge in [-0.25, -0.2) is 0 Å². The van der Waals surface area contributed by atoms with Gasteiger partial charge in [-0.15, -0.1) is 0 Å². The Kier molecular flexibility index (Phi) is 6.63. The number of hydrogen-bond acceptors (Lipinski definition) is 3. The molecule has 2 aromatic rings. The molecule has 0 heterocycles. The number of rotatable bonds is 8. The van der Waals surface area contributed by atoms with E-state index in [1.54, 1.807) is 25.1 Å². The van der Waals surface area contributed by atoms with Crippen LogP contribution in [0.4, 0.5) is 0 Å². The summed E-state index contributed by atoms with van der Waals surface area (Å²) in [5, 5.41) is 12.2. The molecule has 0 radical (unpaired) electrons. The third-order valence-electron chi connectivity index (χ3n) is 3.38. The van der Waals surface area contributed by atoms with E-state index in [0.29, 0.717) is 17.9 Å². The first-order chi connectivity index (χ1) is 11.2. The zero-order valence-corrected chi connectivity index (χ0v) is 13.4. The molecule has 2 rings (SSSR count). The van der Waals surface area contributed by atoms with Crippen LogP contribution in [0.25, 0.3) is 0 Å². The minimum Gasteiger partial charge on any atom is -0.490 e. The summed E-state index contributed by atoms with van der Waals surface area (Å²) in [6.45, 7) is 2.42. The summed E-state index contributed by atoms with van der Waals surface area (Å²) >= 11 is 0. The lowest BCUT2D eigenvalue weighted by molar-refractivity contribution is 0.0938. The average molecular weight is 313 g/mol. The number of hydrogen-bond donors (Lipinski definition) is 2. The van der Waals surface area contributed by atoms with Crippen LogP contribution in [0.15, 0.2) is 54.6 Å². The topological polar surface area (TPSA) is 58.6 Å². The van der Waals surface area contributed by atoms with Gasteiger partial charge in [0.15, 0.2) is 0 Å². The maximum Gasteiger partial charge on any atom is 0.255 e. The molecule has 0 spiro atoms. The standard InChI is InChI=1S/C19H23NO3/c1-15(21)14-23-18-12-6-5-11-17(18)19(22)20-13-7-10-16-8-3-2-4-9-16/h2-6,8-9,11-12,15,21H,7,10,13-14H2,1H3,(H,20,22). The van der Waals surface area contributed by atoms with E-state index < -0.39 is 6.10 Å². The normalized spacial score (nSPS) is 11.7. The number of para-hydroxylation sites is 1. The summed E-state index contributed by atoms with van der Waals surface area (Å²) in [5.74, 6) is 0.341. The van der Waals surface area contributed by atoms with Crippen LogP contribution in [-0.2, 0) is 6.42 Å². The molecule has 0 saturated heterocycles. The molecule has 1 amide bonds. The second-order valence-corrected chi connectivity index (χ2v) is 5.50. The van der Waals surface area contributed by atoms with Gasteiger partial charge in [-0.05, 0) is 37.5 Å². The minimum atomic E-state index is -0.572. The molecule has 4 heteroatoms. The van der Waals surface area contributed by atoms with Crippen LogP contribution >= 0.6 is 0 Å². The lowest BCUT2D eigenvalue weighted by Crippen LogP contribution is -2.25. The third kappa shape index (κ3) is 5.75. The Morgan fingerprint density at radius 2 is 1.83 bits per heavy atom. The average Bonchev–Trinajstić information content (AvgIpc) is 2.58. The van der Waals surface area contributed by atoms with Crippen molar-refractivity contribution >= 4 is 5.91 Å². The first kappa shape index (κ1) is 17.0. The van der Waals surface area contributed by atoms with Crippen molar-refractivity contribution in [1.82, 2.24) is 5.32 Å². The van der Waals surface area contributed by atoms with Crippen molar-refractivity contribution in [3.05, 3.63) is 65.7 Å². The van der Waals surface area contributed by atoms with E-state index in [1.807, 2.05) is 24.3 Å². The Hall–Kier alpha value is -2.33. The number of aliphatic hydroxyl groups excluding tert-OH is 1. The number of aryl methyl sites for hydroxylation is 1. The van der Waals surface area contributed by atoms with Crippen LogP contribution in [0, 0.1) is 0 Å². The van der Waals surface area contributed by atoms with E-state index in [0.717, 1.165) is 12.8 Å². The predicted molar refractivity (Wildman–Crippen MR) is 90.7 cm³/mol. The van der Waals surface area contributed by atoms with Crippen LogP contribution in [0.3, 0.4) is 0 Å². The third-order valence-corrected chi connectivity index (χ3v) is 3.38. The summed E-state index contributed by atoms with van der Waals surface area (Å²) in [4.78, 5) is 12.3. The number of nitrogens with one attached hydrogen (secondary N) is 1. The molecule has 122 valence electrons. The molecule has 0 aliphatic carbocycles. The summed E-state index contributed by atoms with van der Waals surface area (Å²) < 4.78 is 5.48. The monoisotopic (exact) mass is 313 g/mol. The van der Waals surface area contributed by atoms with Gasteiger partial charge in [0.2, 0.25) is 0 Å². The second-order valence-electron chi connectivity index (χ2n) is 5.50. The highest BCUT2D eigenvalue weighted by atomic mass is 16.5. The molecule has 0 saturated carbocycles. The Labute approximate surface area is 137 Å². The fourth-order valence-electron chi connectivity index (χ4n) is 2.22. The van der Waals surface area contributed by atoms with Gasteiger partial charge in [0, 0.05) is 6.54 Å².